The molecular formula is C18H18Br2ClN3O2S2. The van der Waals surface area contributed by atoms with Crippen molar-refractivity contribution in [3.63, 3.8) is 0 Å². The van der Waals surface area contributed by atoms with Crippen molar-refractivity contribution in [2.45, 2.75) is 4.90 Å². The van der Waals surface area contributed by atoms with Crippen LogP contribution < -0.4 is 4.80 Å². The number of benzene rings is 2. The van der Waals surface area contributed by atoms with E-state index in [1.54, 1.807) is 12.1 Å². The van der Waals surface area contributed by atoms with Crippen LogP contribution >= 0.6 is 55.8 Å². The standard InChI is InChI=1S/C18H17BrClN3O2S2.BrH/c1-22(2)27(24,25)17-10-12(4-9-15(17)20)16-11-26-18(23(16)3)21-14-7-5-13(19)6-8-14;/h4-11H,1-3H3;1H/b21-18+;. The smallest absolute Gasteiger partial charge is 0.244 e. The van der Waals surface area contributed by atoms with Gasteiger partial charge in [-0.25, -0.2) is 17.7 Å². The van der Waals surface area contributed by atoms with Crippen molar-refractivity contribution in [3.8, 4) is 11.3 Å². The van der Waals surface area contributed by atoms with Crippen LogP contribution in [0.2, 0.25) is 5.02 Å². The third-order valence-corrected chi connectivity index (χ3v) is 7.70. The first-order chi connectivity index (χ1) is 12.7. The molecule has 0 saturated heterocycles. The number of hydrogen-bond donors (Lipinski definition) is 0. The predicted molar refractivity (Wildman–Crippen MR) is 124 cm³/mol. The lowest BCUT2D eigenvalue weighted by Crippen LogP contribution is -2.22. The maximum Gasteiger partial charge on any atom is 0.244 e. The summed E-state index contributed by atoms with van der Waals surface area (Å²) in [4.78, 5) is 5.55. The molecule has 10 heteroatoms. The molecule has 0 unspecified atom stereocenters. The van der Waals surface area contributed by atoms with Crippen LogP contribution in [-0.4, -0.2) is 31.4 Å². The molecule has 0 fully saturated rings. The first-order valence-electron chi connectivity index (χ1n) is 7.87. The lowest BCUT2D eigenvalue weighted by Gasteiger charge is -2.14. The minimum absolute atomic E-state index is 0. The molecule has 28 heavy (non-hydrogen) atoms. The van der Waals surface area contributed by atoms with E-state index < -0.39 is 10.0 Å². The van der Waals surface area contributed by atoms with Gasteiger partial charge in [0.1, 0.15) is 4.90 Å². The molecule has 0 amide bonds. The van der Waals surface area contributed by atoms with Crippen molar-refractivity contribution in [3.05, 3.63) is 62.1 Å². The minimum Gasteiger partial charge on any atom is -0.320 e. The van der Waals surface area contributed by atoms with Crippen LogP contribution in [0.3, 0.4) is 0 Å². The second-order valence-corrected chi connectivity index (χ2v) is 10.3. The van der Waals surface area contributed by atoms with Gasteiger partial charge in [0.25, 0.3) is 0 Å². The monoisotopic (exact) mass is 565 g/mol. The van der Waals surface area contributed by atoms with Gasteiger partial charge in [0.15, 0.2) is 4.80 Å². The molecule has 0 aliphatic heterocycles. The number of nitrogens with zero attached hydrogens (tertiary/aromatic N) is 3. The number of rotatable bonds is 4. The van der Waals surface area contributed by atoms with Crippen molar-refractivity contribution in [1.29, 1.82) is 0 Å². The van der Waals surface area contributed by atoms with E-state index in [1.165, 1.54) is 25.4 Å². The maximum absolute atomic E-state index is 12.5. The Hall–Kier alpha value is -0.970. The van der Waals surface area contributed by atoms with Crippen molar-refractivity contribution in [2.75, 3.05) is 14.1 Å². The average molecular weight is 568 g/mol. The van der Waals surface area contributed by atoms with E-state index in [-0.39, 0.29) is 26.9 Å². The Bertz CT molecular complexity index is 1150. The Morgan fingerprint density at radius 3 is 2.39 bits per heavy atom. The Labute approximate surface area is 192 Å². The van der Waals surface area contributed by atoms with Gasteiger partial charge in [-0.1, -0.05) is 33.6 Å². The van der Waals surface area contributed by atoms with Gasteiger partial charge in [-0.15, -0.1) is 28.3 Å². The highest BCUT2D eigenvalue weighted by Gasteiger charge is 2.22. The first-order valence-corrected chi connectivity index (χ1v) is 11.4. The van der Waals surface area contributed by atoms with Gasteiger partial charge in [-0.05, 0) is 36.4 Å². The summed E-state index contributed by atoms with van der Waals surface area (Å²) in [6.07, 6.45) is 0. The lowest BCUT2D eigenvalue weighted by molar-refractivity contribution is 0.521. The summed E-state index contributed by atoms with van der Waals surface area (Å²) in [6.45, 7) is 0. The van der Waals surface area contributed by atoms with E-state index in [4.69, 9.17) is 11.6 Å². The summed E-state index contributed by atoms with van der Waals surface area (Å²) in [5.74, 6) is 0. The highest BCUT2D eigenvalue weighted by Crippen LogP contribution is 2.29. The number of aromatic nitrogens is 1. The molecule has 0 spiro atoms. The lowest BCUT2D eigenvalue weighted by atomic mass is 10.2. The molecular weight excluding hydrogens is 550 g/mol. The molecule has 1 heterocycles. The minimum atomic E-state index is -3.63. The fourth-order valence-electron chi connectivity index (χ4n) is 2.42. The van der Waals surface area contributed by atoms with Crippen LogP contribution in [0.15, 0.2) is 62.2 Å². The SMILES string of the molecule is Br.CN(C)S(=O)(=O)c1cc(-c2cs/c(=N/c3ccc(Br)cc3)n2C)ccc1Cl. The average Bonchev–Trinajstić information content (AvgIpc) is 2.98. The number of halogens is 3. The van der Waals surface area contributed by atoms with E-state index in [0.717, 1.165) is 30.5 Å². The zero-order valence-electron chi connectivity index (χ0n) is 15.3. The molecule has 0 bridgehead atoms. The molecule has 2 aromatic carbocycles. The highest BCUT2D eigenvalue weighted by atomic mass is 79.9. The van der Waals surface area contributed by atoms with Gasteiger partial charge in [0.2, 0.25) is 10.0 Å². The molecule has 0 N–H and O–H groups in total. The third kappa shape index (κ3) is 4.77. The molecule has 0 saturated carbocycles. The fraction of sp³-hybridized carbons (Fsp3) is 0.167. The van der Waals surface area contributed by atoms with Gasteiger partial charge in [0.05, 0.1) is 16.4 Å². The summed E-state index contributed by atoms with van der Waals surface area (Å²) in [6, 6.07) is 12.7. The van der Waals surface area contributed by atoms with Crippen LogP contribution in [0.5, 0.6) is 0 Å². The second-order valence-electron chi connectivity index (χ2n) is 5.98. The first kappa shape index (κ1) is 23.3. The summed E-state index contributed by atoms with van der Waals surface area (Å²) in [5, 5.41) is 2.15. The topological polar surface area (TPSA) is 54.7 Å². The van der Waals surface area contributed by atoms with Gasteiger partial charge >= 0.3 is 0 Å². The van der Waals surface area contributed by atoms with Crippen LogP contribution in [0.25, 0.3) is 11.3 Å². The van der Waals surface area contributed by atoms with Gasteiger partial charge in [-0.3, -0.25) is 0 Å². The zero-order valence-corrected chi connectivity index (χ0v) is 20.9. The van der Waals surface area contributed by atoms with E-state index in [1.807, 2.05) is 47.3 Å². The maximum atomic E-state index is 12.5. The van der Waals surface area contributed by atoms with Crippen LogP contribution in [0.4, 0.5) is 5.69 Å². The van der Waals surface area contributed by atoms with Crippen LogP contribution in [0, 0.1) is 0 Å². The number of sulfonamides is 1. The second kappa shape index (κ2) is 9.23. The summed E-state index contributed by atoms with van der Waals surface area (Å²) in [7, 11) is 1.24. The highest BCUT2D eigenvalue weighted by molar-refractivity contribution is 9.10. The molecule has 5 nitrogen and oxygen atoms in total. The van der Waals surface area contributed by atoms with E-state index >= 15 is 0 Å². The molecule has 3 aromatic rings. The summed E-state index contributed by atoms with van der Waals surface area (Å²) in [5.41, 5.74) is 2.47. The van der Waals surface area contributed by atoms with Crippen molar-refractivity contribution < 1.29 is 8.42 Å². The number of thiazole rings is 1. The van der Waals surface area contributed by atoms with Crippen LogP contribution in [-0.2, 0) is 17.1 Å². The van der Waals surface area contributed by atoms with E-state index in [9.17, 15) is 8.42 Å². The van der Waals surface area contributed by atoms with Gasteiger partial charge in [-0.2, -0.15) is 0 Å². The van der Waals surface area contributed by atoms with Crippen molar-refractivity contribution >= 4 is 71.6 Å². The Kier molecular flexibility index (Phi) is 7.69. The van der Waals surface area contributed by atoms with Gasteiger partial charge in [0, 0.05) is 36.6 Å². The zero-order chi connectivity index (χ0) is 19.8. The van der Waals surface area contributed by atoms with Gasteiger partial charge < -0.3 is 4.57 Å². The quantitative estimate of drug-likeness (QED) is 0.434. The molecule has 0 aliphatic carbocycles. The Morgan fingerprint density at radius 1 is 1.14 bits per heavy atom. The van der Waals surface area contributed by atoms with E-state index in [2.05, 4.69) is 20.9 Å². The molecule has 0 aliphatic rings. The van der Waals surface area contributed by atoms with Crippen molar-refractivity contribution in [1.82, 2.24) is 8.87 Å². The Morgan fingerprint density at radius 2 is 1.79 bits per heavy atom. The third-order valence-electron chi connectivity index (χ3n) is 3.96. The molecule has 0 radical (unpaired) electrons. The molecule has 0 atom stereocenters. The largest absolute Gasteiger partial charge is 0.320 e. The van der Waals surface area contributed by atoms with Crippen LogP contribution in [0.1, 0.15) is 0 Å². The molecule has 1 aromatic heterocycles. The Balaban J connectivity index is 0.00000280. The fourth-order valence-corrected chi connectivity index (χ4v) is 5.00. The molecule has 150 valence electrons. The predicted octanol–water partition coefficient (Wildman–Crippen LogP) is 5.23. The number of hydrogen-bond acceptors (Lipinski definition) is 4. The summed E-state index contributed by atoms with van der Waals surface area (Å²) >= 11 is 11.0. The van der Waals surface area contributed by atoms with Crippen molar-refractivity contribution in [2.24, 2.45) is 12.0 Å². The molecule has 3 rings (SSSR count). The van der Waals surface area contributed by atoms with E-state index in [0.29, 0.717) is 0 Å². The normalized spacial score (nSPS) is 12.3. The summed E-state index contributed by atoms with van der Waals surface area (Å²) < 4.78 is 29.1.